The first kappa shape index (κ1) is 22.4. The van der Waals surface area contributed by atoms with E-state index >= 15 is 0 Å². The minimum Gasteiger partial charge on any atom is -0.507 e. The molecule has 7 nitrogen and oxygen atoms in total. The number of carbonyl (C=O) groups is 2. The van der Waals surface area contributed by atoms with Crippen LogP contribution in [0.5, 0.6) is 11.5 Å². The normalized spacial score (nSPS) is 10.8. The average Bonchev–Trinajstić information content (AvgIpc) is 2.79. The van der Waals surface area contributed by atoms with Gasteiger partial charge < -0.3 is 15.5 Å². The zero-order valence-electron chi connectivity index (χ0n) is 17.6. The van der Waals surface area contributed by atoms with Gasteiger partial charge in [-0.3, -0.25) is 9.59 Å². The number of phenols is 2. The van der Waals surface area contributed by atoms with Crippen LogP contribution in [0.4, 0.5) is 11.4 Å². The quantitative estimate of drug-likeness (QED) is 0.266. The molecule has 0 heterocycles. The summed E-state index contributed by atoms with van der Waals surface area (Å²) < 4.78 is 0. The van der Waals surface area contributed by atoms with Crippen LogP contribution in [0.1, 0.15) is 28.4 Å². The number of rotatable bonds is 8. The predicted octanol–water partition coefficient (Wildman–Crippen LogP) is 4.98. The van der Waals surface area contributed by atoms with E-state index in [2.05, 4.69) is 22.1 Å². The predicted molar refractivity (Wildman–Crippen MR) is 122 cm³/mol. The molecular weight excluding hydrogens is 406 g/mol. The van der Waals surface area contributed by atoms with Crippen molar-refractivity contribution in [2.45, 2.75) is 13.3 Å². The van der Waals surface area contributed by atoms with Crippen molar-refractivity contribution in [2.24, 2.45) is 10.2 Å². The summed E-state index contributed by atoms with van der Waals surface area (Å²) in [5, 5.41) is 31.1. The maximum Gasteiger partial charge on any atom is 0.246 e. The molecule has 1 amide bonds. The zero-order chi connectivity index (χ0) is 23.1. The Morgan fingerprint density at radius 3 is 2.28 bits per heavy atom. The van der Waals surface area contributed by atoms with E-state index < -0.39 is 0 Å². The molecule has 0 spiro atoms. The molecule has 3 N–H and O–H groups in total. The van der Waals surface area contributed by atoms with Crippen molar-refractivity contribution in [3.8, 4) is 11.5 Å². The fourth-order valence-corrected chi connectivity index (χ4v) is 2.88. The molecule has 0 aliphatic heterocycles. The van der Waals surface area contributed by atoms with Crippen molar-refractivity contribution in [1.29, 1.82) is 0 Å². The summed E-state index contributed by atoms with van der Waals surface area (Å²) in [5.74, 6) is -1.18. The summed E-state index contributed by atoms with van der Waals surface area (Å²) in [7, 11) is 0. The first-order valence-electron chi connectivity index (χ1n) is 9.95. The van der Waals surface area contributed by atoms with Crippen LogP contribution >= 0.6 is 0 Å². The monoisotopic (exact) mass is 429 g/mol. The fourth-order valence-electron chi connectivity index (χ4n) is 2.88. The lowest BCUT2D eigenvalue weighted by molar-refractivity contribution is -0.117. The summed E-state index contributed by atoms with van der Waals surface area (Å²) in [6.45, 7) is 5.74. The number of nitrogens with zero attached hydrogens (tertiary/aromatic N) is 2. The molecule has 0 aromatic heterocycles. The molecule has 3 aromatic carbocycles. The molecule has 3 rings (SSSR count). The highest BCUT2D eigenvalue weighted by Gasteiger charge is 2.17. The number of phenolic OH excluding ortho intramolecular Hbond substituents is 2. The van der Waals surface area contributed by atoms with Crippen molar-refractivity contribution in [1.82, 2.24) is 5.32 Å². The third-order valence-electron chi connectivity index (χ3n) is 4.67. The zero-order valence-corrected chi connectivity index (χ0v) is 17.6. The smallest absolute Gasteiger partial charge is 0.246 e. The van der Waals surface area contributed by atoms with E-state index in [1.54, 1.807) is 49.4 Å². The van der Waals surface area contributed by atoms with Gasteiger partial charge in [-0.25, -0.2) is 0 Å². The molecular formula is C25H23N3O4. The highest BCUT2D eigenvalue weighted by molar-refractivity contribution is 6.11. The SMILES string of the molecule is C=C(C)C(=O)NCCc1ccc(/N=N/c2cc(C(=O)c3ccccc3)c(O)cc2O)cc1. The largest absolute Gasteiger partial charge is 0.507 e. The topological polar surface area (TPSA) is 111 Å². The molecule has 0 unspecified atom stereocenters. The van der Waals surface area contributed by atoms with Gasteiger partial charge >= 0.3 is 0 Å². The lowest BCUT2D eigenvalue weighted by atomic mass is 10.0. The van der Waals surface area contributed by atoms with E-state index in [0.29, 0.717) is 29.8 Å². The van der Waals surface area contributed by atoms with Gasteiger partial charge in [-0.1, -0.05) is 49.0 Å². The molecule has 7 heteroatoms. The van der Waals surface area contributed by atoms with Crippen molar-refractivity contribution < 1.29 is 19.8 Å². The molecule has 0 fully saturated rings. The first-order valence-corrected chi connectivity index (χ1v) is 9.95. The molecule has 162 valence electrons. The van der Waals surface area contributed by atoms with Gasteiger partial charge in [-0.15, -0.1) is 5.11 Å². The molecule has 0 saturated heterocycles. The van der Waals surface area contributed by atoms with Crippen molar-refractivity contribution >= 4 is 23.1 Å². The van der Waals surface area contributed by atoms with Crippen LogP contribution in [0, 0.1) is 0 Å². The van der Waals surface area contributed by atoms with Crippen LogP contribution in [0.3, 0.4) is 0 Å². The third-order valence-corrected chi connectivity index (χ3v) is 4.67. The number of hydrogen-bond acceptors (Lipinski definition) is 6. The maximum absolute atomic E-state index is 12.7. The minimum atomic E-state index is -0.386. The molecule has 0 radical (unpaired) electrons. The summed E-state index contributed by atoms with van der Waals surface area (Å²) in [4.78, 5) is 24.2. The number of aromatic hydroxyl groups is 2. The van der Waals surface area contributed by atoms with E-state index in [9.17, 15) is 19.8 Å². The van der Waals surface area contributed by atoms with Crippen LogP contribution in [-0.4, -0.2) is 28.4 Å². The van der Waals surface area contributed by atoms with Gasteiger partial charge in [0.15, 0.2) is 5.78 Å². The Morgan fingerprint density at radius 2 is 1.62 bits per heavy atom. The lowest BCUT2D eigenvalue weighted by Crippen LogP contribution is -2.25. The van der Waals surface area contributed by atoms with Gasteiger partial charge in [0.2, 0.25) is 5.91 Å². The van der Waals surface area contributed by atoms with Crippen molar-refractivity contribution in [2.75, 3.05) is 6.54 Å². The van der Waals surface area contributed by atoms with Gasteiger partial charge in [0.05, 0.1) is 11.3 Å². The number of benzene rings is 3. The highest BCUT2D eigenvalue weighted by atomic mass is 16.3. The second kappa shape index (κ2) is 10.2. The second-order valence-corrected chi connectivity index (χ2v) is 7.21. The molecule has 0 saturated carbocycles. The van der Waals surface area contributed by atoms with Gasteiger partial charge in [-0.05, 0) is 37.1 Å². The summed E-state index contributed by atoms with van der Waals surface area (Å²) in [5.41, 5.74) is 2.51. The first-order chi connectivity index (χ1) is 15.3. The van der Waals surface area contributed by atoms with E-state index in [0.717, 1.165) is 11.6 Å². The van der Waals surface area contributed by atoms with Gasteiger partial charge in [0, 0.05) is 23.7 Å². The second-order valence-electron chi connectivity index (χ2n) is 7.21. The van der Waals surface area contributed by atoms with E-state index in [1.165, 1.54) is 6.07 Å². The van der Waals surface area contributed by atoms with Crippen LogP contribution in [0.15, 0.2) is 89.1 Å². The van der Waals surface area contributed by atoms with Crippen LogP contribution in [0.2, 0.25) is 0 Å². The standard InChI is InChI=1S/C25H23N3O4/c1-16(2)25(32)26-13-12-17-8-10-19(11-9-17)27-28-21-14-20(22(29)15-23(21)30)24(31)18-6-4-3-5-7-18/h3-11,14-15,29-30H,1,12-13H2,2H3,(H,26,32)/b28-27+. The van der Waals surface area contributed by atoms with Gasteiger partial charge in [0.25, 0.3) is 0 Å². The van der Waals surface area contributed by atoms with Gasteiger partial charge in [0.1, 0.15) is 17.2 Å². The fraction of sp³-hybridized carbons (Fsp3) is 0.120. The number of amides is 1. The number of nitrogens with one attached hydrogen (secondary N) is 1. The van der Waals surface area contributed by atoms with Crippen LogP contribution in [-0.2, 0) is 11.2 Å². The number of ketones is 1. The Bertz CT molecular complexity index is 1170. The number of azo groups is 1. The van der Waals surface area contributed by atoms with Crippen molar-refractivity contribution in [3.05, 3.63) is 95.6 Å². The van der Waals surface area contributed by atoms with E-state index in [4.69, 9.17) is 0 Å². The molecule has 0 bridgehead atoms. The molecule has 32 heavy (non-hydrogen) atoms. The lowest BCUT2D eigenvalue weighted by Gasteiger charge is -2.07. The minimum absolute atomic E-state index is 0.0232. The molecule has 3 aromatic rings. The maximum atomic E-state index is 12.7. The summed E-state index contributed by atoms with van der Waals surface area (Å²) in [6, 6.07) is 18.1. The average molecular weight is 429 g/mol. The van der Waals surface area contributed by atoms with Crippen LogP contribution in [0.25, 0.3) is 0 Å². The Labute approximate surface area is 185 Å². The summed E-state index contributed by atoms with van der Waals surface area (Å²) >= 11 is 0. The Hall–Kier alpha value is -4.26. The summed E-state index contributed by atoms with van der Waals surface area (Å²) in [6.07, 6.45) is 0.653. The van der Waals surface area contributed by atoms with E-state index in [1.807, 2.05) is 12.1 Å². The molecule has 0 atom stereocenters. The molecule has 0 aliphatic carbocycles. The van der Waals surface area contributed by atoms with E-state index in [-0.39, 0.29) is 34.4 Å². The number of carbonyl (C=O) groups excluding carboxylic acids is 2. The highest BCUT2D eigenvalue weighted by Crippen LogP contribution is 2.35. The Morgan fingerprint density at radius 1 is 0.938 bits per heavy atom. The molecule has 0 aliphatic rings. The number of hydrogen-bond donors (Lipinski definition) is 3. The third kappa shape index (κ3) is 5.66. The van der Waals surface area contributed by atoms with Gasteiger partial charge in [-0.2, -0.15) is 5.11 Å². The Kier molecular flexibility index (Phi) is 7.13. The Balaban J connectivity index is 1.71. The van der Waals surface area contributed by atoms with Crippen molar-refractivity contribution in [3.63, 3.8) is 0 Å². The van der Waals surface area contributed by atoms with Crippen LogP contribution < -0.4 is 5.32 Å².